The number of aryl methyl sites for hydroxylation is 1. The van der Waals surface area contributed by atoms with E-state index in [0.717, 1.165) is 0 Å². The minimum atomic E-state index is -0.904. The third-order valence-electron chi connectivity index (χ3n) is 3.61. The molecule has 1 aliphatic rings. The monoisotopic (exact) mass is 306 g/mol. The number of hydrogen-bond acceptors (Lipinski definition) is 4. The number of carboxylic acid groups (broad SMARTS) is 1. The number of furan rings is 1. The summed E-state index contributed by atoms with van der Waals surface area (Å²) in [5.74, 6) is -0.521. The molecule has 118 valence electrons. The molecule has 1 fully saturated rings. The molecule has 0 spiro atoms. The molecule has 0 radical (unpaired) electrons. The van der Waals surface area contributed by atoms with Gasteiger partial charge >= 0.3 is 5.97 Å². The molecule has 1 aromatic rings. The fraction of sp³-hybridized carbons (Fsp3) is 0.400. The zero-order valence-electron chi connectivity index (χ0n) is 12.3. The lowest BCUT2D eigenvalue weighted by Crippen LogP contribution is -2.57. The number of nitrogens with zero attached hydrogens (tertiary/aromatic N) is 2. The Balaban J connectivity index is 2.08. The van der Waals surface area contributed by atoms with E-state index in [9.17, 15) is 14.4 Å². The van der Waals surface area contributed by atoms with Crippen LogP contribution in [-0.4, -0.2) is 46.9 Å². The van der Waals surface area contributed by atoms with Crippen molar-refractivity contribution in [3.63, 3.8) is 0 Å². The van der Waals surface area contributed by atoms with Crippen molar-refractivity contribution in [3.8, 4) is 0 Å². The van der Waals surface area contributed by atoms with Crippen molar-refractivity contribution in [3.05, 3.63) is 30.5 Å². The fourth-order valence-electron chi connectivity index (χ4n) is 2.38. The second-order valence-corrected chi connectivity index (χ2v) is 5.04. The van der Waals surface area contributed by atoms with Crippen LogP contribution in [0.5, 0.6) is 0 Å². The first-order valence-corrected chi connectivity index (χ1v) is 6.99. The van der Waals surface area contributed by atoms with Crippen LogP contribution in [0.4, 0.5) is 5.88 Å². The quantitative estimate of drug-likeness (QED) is 0.821. The molecule has 7 heteroatoms. The summed E-state index contributed by atoms with van der Waals surface area (Å²) < 4.78 is 5.53. The molecule has 0 saturated carbocycles. The molecule has 2 rings (SSSR count). The lowest BCUT2D eigenvalue weighted by molar-refractivity contribution is -0.137. The highest BCUT2D eigenvalue weighted by molar-refractivity contribution is 6.00. The first-order valence-electron chi connectivity index (χ1n) is 6.99. The Hall–Kier alpha value is -2.57. The van der Waals surface area contributed by atoms with Gasteiger partial charge in [-0.25, -0.2) is 0 Å². The van der Waals surface area contributed by atoms with Gasteiger partial charge in [0, 0.05) is 25.6 Å². The van der Waals surface area contributed by atoms with Crippen molar-refractivity contribution in [2.24, 2.45) is 0 Å². The summed E-state index contributed by atoms with van der Waals surface area (Å²) in [6.07, 6.45) is 1.43. The van der Waals surface area contributed by atoms with Gasteiger partial charge in [-0.3, -0.25) is 19.3 Å². The van der Waals surface area contributed by atoms with E-state index in [0.29, 0.717) is 24.7 Å². The average molecular weight is 306 g/mol. The van der Waals surface area contributed by atoms with Gasteiger partial charge in [0.15, 0.2) is 0 Å². The second kappa shape index (κ2) is 6.46. The van der Waals surface area contributed by atoms with Crippen LogP contribution in [-0.2, 0) is 20.8 Å². The number of carbonyl (C=O) groups excluding carboxylic acids is 2. The Morgan fingerprint density at radius 3 is 2.82 bits per heavy atom. The van der Waals surface area contributed by atoms with Gasteiger partial charge in [0.25, 0.3) is 5.91 Å². The number of carboxylic acids is 1. The van der Waals surface area contributed by atoms with Gasteiger partial charge in [-0.2, -0.15) is 0 Å². The zero-order chi connectivity index (χ0) is 16.3. The summed E-state index contributed by atoms with van der Waals surface area (Å²) in [7, 11) is 0. The van der Waals surface area contributed by atoms with E-state index < -0.39 is 12.0 Å². The zero-order valence-corrected chi connectivity index (χ0v) is 12.3. The number of hydrogen-bond donors (Lipinski definition) is 1. The first-order chi connectivity index (χ1) is 10.4. The highest BCUT2D eigenvalue weighted by Gasteiger charge is 2.35. The summed E-state index contributed by atoms with van der Waals surface area (Å²) in [6, 6.07) is 2.72. The molecule has 2 heterocycles. The van der Waals surface area contributed by atoms with Crippen LogP contribution >= 0.6 is 0 Å². The SMILES string of the molecule is C=CC(=O)N1CCN(c2ccc(CCC(=O)O)o2)C(=O)[C@H]1C. The minimum absolute atomic E-state index is 0.0289. The van der Waals surface area contributed by atoms with Gasteiger partial charge < -0.3 is 14.4 Å². The Kier molecular flexibility index (Phi) is 4.65. The molecule has 1 aliphatic heterocycles. The highest BCUT2D eigenvalue weighted by Crippen LogP contribution is 2.23. The number of carbonyl (C=O) groups is 3. The predicted molar refractivity (Wildman–Crippen MR) is 78.4 cm³/mol. The standard InChI is InChI=1S/C15H18N2O5/c1-3-12(18)16-8-9-17(15(21)10(16)2)13-6-4-11(22-13)5-7-14(19)20/h3-4,6,10H,1,5,7-9H2,2H3,(H,19,20)/t10-/m1/s1. The van der Waals surface area contributed by atoms with Gasteiger partial charge in [-0.05, 0) is 19.1 Å². The molecule has 1 N–H and O–H groups in total. The van der Waals surface area contributed by atoms with Crippen LogP contribution in [0, 0.1) is 0 Å². The number of rotatable bonds is 5. The normalized spacial score (nSPS) is 18.4. The topological polar surface area (TPSA) is 91.1 Å². The van der Waals surface area contributed by atoms with Crippen molar-refractivity contribution in [2.45, 2.75) is 25.8 Å². The average Bonchev–Trinajstić information content (AvgIpc) is 2.95. The van der Waals surface area contributed by atoms with E-state index >= 15 is 0 Å². The Morgan fingerprint density at radius 2 is 2.18 bits per heavy atom. The Morgan fingerprint density at radius 1 is 1.45 bits per heavy atom. The maximum absolute atomic E-state index is 12.4. The van der Waals surface area contributed by atoms with Crippen LogP contribution in [0.3, 0.4) is 0 Å². The number of piperazine rings is 1. The van der Waals surface area contributed by atoms with E-state index in [2.05, 4.69) is 6.58 Å². The van der Waals surface area contributed by atoms with E-state index in [1.807, 2.05) is 0 Å². The number of anilines is 1. The summed E-state index contributed by atoms with van der Waals surface area (Å²) >= 11 is 0. The predicted octanol–water partition coefficient (Wildman–Crippen LogP) is 1.05. The van der Waals surface area contributed by atoms with Gasteiger partial charge in [-0.1, -0.05) is 6.58 Å². The minimum Gasteiger partial charge on any atom is -0.481 e. The van der Waals surface area contributed by atoms with Crippen molar-refractivity contribution < 1.29 is 23.9 Å². The van der Waals surface area contributed by atoms with E-state index in [4.69, 9.17) is 9.52 Å². The molecule has 0 bridgehead atoms. The van der Waals surface area contributed by atoms with Crippen LogP contribution in [0.2, 0.25) is 0 Å². The third kappa shape index (κ3) is 3.19. The second-order valence-electron chi connectivity index (χ2n) is 5.04. The van der Waals surface area contributed by atoms with Crippen molar-refractivity contribution >= 4 is 23.7 Å². The highest BCUT2D eigenvalue weighted by atomic mass is 16.4. The first kappa shape index (κ1) is 15.8. The summed E-state index contributed by atoms with van der Waals surface area (Å²) in [5, 5.41) is 8.66. The van der Waals surface area contributed by atoms with Crippen molar-refractivity contribution in [1.29, 1.82) is 0 Å². The van der Waals surface area contributed by atoms with Crippen molar-refractivity contribution in [2.75, 3.05) is 18.0 Å². The molecule has 0 aliphatic carbocycles. The molecule has 7 nitrogen and oxygen atoms in total. The summed E-state index contributed by atoms with van der Waals surface area (Å²) in [5.41, 5.74) is 0. The molecule has 1 atom stereocenters. The van der Waals surface area contributed by atoms with E-state index in [1.54, 1.807) is 19.1 Å². The number of amides is 2. The number of aliphatic carboxylic acids is 1. The van der Waals surface area contributed by atoms with Crippen LogP contribution in [0.15, 0.2) is 29.2 Å². The maximum Gasteiger partial charge on any atom is 0.303 e. The Bertz CT molecular complexity index is 607. The largest absolute Gasteiger partial charge is 0.481 e. The molecule has 0 unspecified atom stereocenters. The smallest absolute Gasteiger partial charge is 0.303 e. The van der Waals surface area contributed by atoms with E-state index in [1.165, 1.54) is 15.9 Å². The fourth-order valence-corrected chi connectivity index (χ4v) is 2.38. The molecular weight excluding hydrogens is 288 g/mol. The molecule has 0 aromatic carbocycles. The van der Waals surface area contributed by atoms with Gasteiger partial charge in [0.1, 0.15) is 11.8 Å². The molecular formula is C15H18N2O5. The van der Waals surface area contributed by atoms with Crippen LogP contribution in [0.25, 0.3) is 0 Å². The van der Waals surface area contributed by atoms with Gasteiger partial charge in [0.2, 0.25) is 11.8 Å². The molecule has 22 heavy (non-hydrogen) atoms. The summed E-state index contributed by atoms with van der Waals surface area (Å²) in [6.45, 7) is 5.80. The molecule has 1 saturated heterocycles. The lowest BCUT2D eigenvalue weighted by atomic mass is 10.1. The lowest BCUT2D eigenvalue weighted by Gasteiger charge is -2.37. The van der Waals surface area contributed by atoms with Crippen LogP contribution in [0.1, 0.15) is 19.1 Å². The summed E-state index contributed by atoms with van der Waals surface area (Å²) in [4.78, 5) is 37.5. The van der Waals surface area contributed by atoms with Gasteiger partial charge in [0.05, 0.1) is 6.42 Å². The van der Waals surface area contributed by atoms with E-state index in [-0.39, 0.29) is 24.7 Å². The molecule has 1 aromatic heterocycles. The maximum atomic E-state index is 12.4. The third-order valence-corrected chi connectivity index (χ3v) is 3.61. The van der Waals surface area contributed by atoms with Gasteiger partial charge in [-0.15, -0.1) is 0 Å². The van der Waals surface area contributed by atoms with Crippen molar-refractivity contribution in [1.82, 2.24) is 4.90 Å². The van der Waals surface area contributed by atoms with Crippen LogP contribution < -0.4 is 4.90 Å². The Labute approximate surface area is 127 Å². The molecule has 2 amide bonds.